The Balaban J connectivity index is 1.76. The molecule has 1 aromatic rings. The highest BCUT2D eigenvalue weighted by Gasteiger charge is 2.54. The molecule has 38 heavy (non-hydrogen) atoms. The molecule has 3 heterocycles. The van der Waals surface area contributed by atoms with Gasteiger partial charge in [0.2, 0.25) is 6.79 Å². The van der Waals surface area contributed by atoms with Gasteiger partial charge in [0.05, 0.1) is 5.41 Å². The lowest BCUT2D eigenvalue weighted by molar-refractivity contribution is -0.173. The Bertz CT molecular complexity index is 1200. The van der Waals surface area contributed by atoms with E-state index in [-0.39, 0.29) is 28.3 Å². The molecule has 1 aromatic heterocycles. The number of carbonyl (C=O) groups excluding carboxylic acids is 4. The van der Waals surface area contributed by atoms with Crippen molar-refractivity contribution in [2.45, 2.75) is 59.1 Å². The van der Waals surface area contributed by atoms with Crippen LogP contribution in [0.4, 0.5) is 5.13 Å². The smallest absolute Gasteiger partial charge is 0.358 e. The number of hydrogen-bond acceptors (Lipinski definition) is 12. The van der Waals surface area contributed by atoms with Crippen molar-refractivity contribution in [1.82, 2.24) is 15.2 Å². The Labute approximate surface area is 228 Å². The number of thioether (sulfide) groups is 1. The molecule has 0 aromatic carbocycles. The Morgan fingerprint density at radius 1 is 1.32 bits per heavy atom. The van der Waals surface area contributed by atoms with Crippen molar-refractivity contribution >= 4 is 57.7 Å². The SMILES string of the molecule is CC=CC1=C(C(=O)OCOC(=O)C(C)(C)C)N2C(=O)[C@@H](NC(=O)C(=NOC(C)C)c3csc(N)n3)[C@@H]2SC1. The molecule has 2 amide bonds. The second-order valence-corrected chi connectivity index (χ2v) is 11.6. The molecule has 12 nitrogen and oxygen atoms in total. The Kier molecular flexibility index (Phi) is 9.20. The first kappa shape index (κ1) is 29.2. The van der Waals surface area contributed by atoms with Crippen LogP contribution in [0.15, 0.2) is 34.0 Å². The number of aromatic nitrogens is 1. The predicted molar refractivity (Wildman–Crippen MR) is 143 cm³/mol. The lowest BCUT2D eigenvalue weighted by Gasteiger charge is -2.49. The van der Waals surface area contributed by atoms with Crippen LogP contribution in [0.25, 0.3) is 0 Å². The van der Waals surface area contributed by atoms with Crippen molar-refractivity contribution in [3.8, 4) is 0 Å². The summed E-state index contributed by atoms with van der Waals surface area (Å²) in [5.74, 6) is -2.13. The number of carbonyl (C=O) groups is 4. The molecule has 2 aliphatic heterocycles. The van der Waals surface area contributed by atoms with E-state index in [0.29, 0.717) is 11.3 Å². The van der Waals surface area contributed by atoms with Crippen molar-refractivity contribution in [2.75, 3.05) is 18.3 Å². The molecular formula is C24H31N5O7S2. The molecule has 1 fully saturated rings. The van der Waals surface area contributed by atoms with E-state index in [9.17, 15) is 19.2 Å². The summed E-state index contributed by atoms with van der Waals surface area (Å²) in [5, 5.41) is 7.85. The molecule has 14 heteroatoms. The minimum atomic E-state index is -0.929. The van der Waals surface area contributed by atoms with E-state index in [1.807, 2.05) is 0 Å². The molecule has 0 spiro atoms. The quantitative estimate of drug-likeness (QED) is 0.149. The number of nitrogens with one attached hydrogen (secondary N) is 1. The maximum absolute atomic E-state index is 13.2. The standard InChI is InChI=1S/C24H31N5O7S2/c1-7-8-13-9-37-20-16(27-18(30)15(28-36-12(2)3)14-10-38-23(25)26-14)19(31)29(20)17(13)21(32)34-11-35-22(33)24(4,5)6/h7-8,10,12,16,20H,9,11H2,1-6H3,(H2,25,26)(H,27,30)/t16-,20+/m1/s1. The highest BCUT2D eigenvalue weighted by atomic mass is 32.2. The first-order valence-corrected chi connectivity index (χ1v) is 13.7. The van der Waals surface area contributed by atoms with Gasteiger partial charge >= 0.3 is 11.9 Å². The van der Waals surface area contributed by atoms with Crippen molar-refractivity contribution in [2.24, 2.45) is 10.6 Å². The molecule has 0 saturated carbocycles. The molecule has 0 radical (unpaired) electrons. The molecule has 2 aliphatic rings. The number of rotatable bonds is 9. The monoisotopic (exact) mass is 565 g/mol. The minimum absolute atomic E-state index is 0.0402. The summed E-state index contributed by atoms with van der Waals surface area (Å²) in [5.41, 5.74) is 5.65. The number of fused-ring (bicyclic) bond motifs is 1. The molecule has 0 unspecified atom stereocenters. The number of thiazole rings is 1. The maximum Gasteiger partial charge on any atom is 0.358 e. The summed E-state index contributed by atoms with van der Waals surface area (Å²) in [6.45, 7) is 9.72. The molecule has 2 atom stereocenters. The van der Waals surface area contributed by atoms with E-state index in [0.717, 1.165) is 11.3 Å². The number of nitrogens with zero attached hydrogens (tertiary/aromatic N) is 3. The molecule has 0 bridgehead atoms. The van der Waals surface area contributed by atoms with Crippen molar-refractivity contribution < 1.29 is 33.5 Å². The number of amides is 2. The van der Waals surface area contributed by atoms with Crippen LogP contribution < -0.4 is 11.1 Å². The zero-order valence-corrected chi connectivity index (χ0v) is 23.6. The summed E-state index contributed by atoms with van der Waals surface area (Å²) in [6, 6.07) is -0.929. The minimum Gasteiger partial charge on any atom is -0.427 e. The molecule has 3 rings (SSSR count). The van der Waals surface area contributed by atoms with Crippen molar-refractivity contribution in [1.29, 1.82) is 0 Å². The van der Waals surface area contributed by atoms with Gasteiger partial charge in [-0.15, -0.1) is 23.1 Å². The Morgan fingerprint density at radius 2 is 2.03 bits per heavy atom. The zero-order valence-electron chi connectivity index (χ0n) is 22.0. The van der Waals surface area contributed by atoms with Gasteiger partial charge in [-0.25, -0.2) is 9.78 Å². The van der Waals surface area contributed by atoms with Gasteiger partial charge in [0.1, 0.15) is 28.9 Å². The van der Waals surface area contributed by atoms with Gasteiger partial charge < -0.3 is 25.4 Å². The van der Waals surface area contributed by atoms with Crippen LogP contribution in [-0.2, 0) is 33.5 Å². The predicted octanol–water partition coefficient (Wildman–Crippen LogP) is 2.17. The van der Waals surface area contributed by atoms with Crippen molar-refractivity contribution in [3.63, 3.8) is 0 Å². The summed E-state index contributed by atoms with van der Waals surface area (Å²) < 4.78 is 10.2. The van der Waals surface area contributed by atoms with Gasteiger partial charge in [0.15, 0.2) is 10.8 Å². The molecule has 206 valence electrons. The van der Waals surface area contributed by atoms with Gasteiger partial charge in [-0.05, 0) is 47.1 Å². The van der Waals surface area contributed by atoms with Crippen LogP contribution in [-0.4, -0.2) is 69.4 Å². The van der Waals surface area contributed by atoms with Crippen LogP contribution in [0.5, 0.6) is 0 Å². The first-order chi connectivity index (χ1) is 17.8. The van der Waals surface area contributed by atoms with Gasteiger partial charge in [0.25, 0.3) is 11.8 Å². The average Bonchev–Trinajstić information content (AvgIpc) is 3.27. The highest BCUT2D eigenvalue weighted by Crippen LogP contribution is 2.41. The fourth-order valence-corrected chi connectivity index (χ4v) is 5.22. The molecule has 1 saturated heterocycles. The lowest BCUT2D eigenvalue weighted by Crippen LogP contribution is -2.71. The number of allylic oxidation sites excluding steroid dienone is 2. The number of ether oxygens (including phenoxy) is 2. The topological polar surface area (TPSA) is 163 Å². The van der Waals surface area contributed by atoms with Crippen LogP contribution >= 0.6 is 23.1 Å². The van der Waals surface area contributed by atoms with E-state index in [1.165, 1.54) is 16.7 Å². The van der Waals surface area contributed by atoms with Crippen LogP contribution in [0.1, 0.15) is 47.2 Å². The third kappa shape index (κ3) is 6.54. The third-order valence-electron chi connectivity index (χ3n) is 5.17. The fraction of sp³-hybridized carbons (Fsp3) is 0.500. The fourth-order valence-electron chi connectivity index (χ4n) is 3.35. The van der Waals surface area contributed by atoms with Gasteiger partial charge in [-0.1, -0.05) is 17.3 Å². The number of anilines is 1. The average molecular weight is 566 g/mol. The summed E-state index contributed by atoms with van der Waals surface area (Å²) in [7, 11) is 0. The van der Waals surface area contributed by atoms with Crippen LogP contribution in [0.3, 0.4) is 0 Å². The number of esters is 2. The third-order valence-corrected chi connectivity index (χ3v) is 7.15. The second-order valence-electron chi connectivity index (χ2n) is 9.63. The normalized spacial score (nSPS) is 19.8. The van der Waals surface area contributed by atoms with Gasteiger partial charge in [-0.2, -0.15) is 0 Å². The highest BCUT2D eigenvalue weighted by molar-refractivity contribution is 8.00. The van der Waals surface area contributed by atoms with E-state index in [4.69, 9.17) is 20.0 Å². The van der Waals surface area contributed by atoms with Crippen LogP contribution in [0, 0.1) is 5.41 Å². The van der Waals surface area contributed by atoms with Crippen molar-refractivity contribution in [3.05, 3.63) is 34.5 Å². The summed E-state index contributed by atoms with van der Waals surface area (Å²) in [6.07, 6.45) is 3.15. The van der Waals surface area contributed by atoms with Gasteiger partial charge in [-0.3, -0.25) is 19.3 Å². The number of nitrogens with two attached hydrogens (primary N) is 1. The Hall–Kier alpha value is -3.39. The van der Waals surface area contributed by atoms with E-state index in [2.05, 4.69) is 15.5 Å². The molecular weight excluding hydrogens is 534 g/mol. The second kappa shape index (κ2) is 12.0. The largest absolute Gasteiger partial charge is 0.427 e. The van der Waals surface area contributed by atoms with Gasteiger partial charge in [0, 0.05) is 11.1 Å². The summed E-state index contributed by atoms with van der Waals surface area (Å²) in [4.78, 5) is 61.9. The molecule has 3 N–H and O–H groups in total. The number of hydrogen-bond donors (Lipinski definition) is 2. The Morgan fingerprint density at radius 3 is 2.61 bits per heavy atom. The summed E-state index contributed by atoms with van der Waals surface area (Å²) >= 11 is 2.52. The first-order valence-electron chi connectivity index (χ1n) is 11.8. The van der Waals surface area contributed by atoms with Crippen LogP contribution in [0.2, 0.25) is 0 Å². The van der Waals surface area contributed by atoms with E-state index >= 15 is 0 Å². The lowest BCUT2D eigenvalue weighted by atomic mass is 9.98. The maximum atomic E-state index is 13.2. The number of nitrogen functional groups attached to an aromatic ring is 1. The number of β-lactam (4-membered cyclic amide) rings is 1. The zero-order chi connectivity index (χ0) is 28.2. The van der Waals surface area contributed by atoms with E-state index < -0.39 is 47.4 Å². The van der Waals surface area contributed by atoms with E-state index in [1.54, 1.807) is 59.1 Å². The molecule has 0 aliphatic carbocycles. The number of oxime groups is 1.